The van der Waals surface area contributed by atoms with E-state index in [1.54, 1.807) is 17.7 Å². The normalized spacial score (nSPS) is 22.1. The van der Waals surface area contributed by atoms with E-state index in [0.29, 0.717) is 23.0 Å². The Labute approximate surface area is 127 Å². The van der Waals surface area contributed by atoms with E-state index in [0.717, 1.165) is 25.7 Å². The Bertz CT molecular complexity index is 594. The molecule has 3 rings (SSSR count). The molecule has 2 unspecified atom stereocenters. The Balaban J connectivity index is 1.58. The maximum Gasteiger partial charge on any atom is 0.270 e. The number of carbonyl (C=O) groups excluding carboxylic acids is 1. The van der Waals surface area contributed by atoms with Crippen LogP contribution in [0.15, 0.2) is 28.2 Å². The molecule has 0 saturated heterocycles. The summed E-state index contributed by atoms with van der Waals surface area (Å²) in [7, 11) is 0. The number of carbonyl (C=O) groups is 1. The van der Waals surface area contributed by atoms with Crippen molar-refractivity contribution in [3.63, 3.8) is 0 Å². The van der Waals surface area contributed by atoms with Crippen LogP contribution >= 0.6 is 11.3 Å². The first kappa shape index (κ1) is 14.3. The van der Waals surface area contributed by atoms with E-state index < -0.39 is 0 Å². The first-order valence-electron chi connectivity index (χ1n) is 7.19. The monoisotopic (exact) mass is 306 g/mol. The zero-order valence-electron chi connectivity index (χ0n) is 11.6. The summed E-state index contributed by atoms with van der Waals surface area (Å²) >= 11 is 1.38. The Morgan fingerprint density at radius 2 is 2.33 bits per heavy atom. The van der Waals surface area contributed by atoms with Crippen molar-refractivity contribution < 1.29 is 14.3 Å². The predicted octanol–water partition coefficient (Wildman–Crippen LogP) is 2.68. The van der Waals surface area contributed by atoms with Gasteiger partial charge in [0.25, 0.3) is 5.91 Å². The first-order valence-corrected chi connectivity index (χ1v) is 8.07. The highest BCUT2D eigenvalue weighted by Crippen LogP contribution is 2.25. The van der Waals surface area contributed by atoms with Crippen molar-refractivity contribution in [1.29, 1.82) is 0 Å². The molecule has 2 heterocycles. The number of aromatic nitrogens is 1. The molecule has 2 aromatic heterocycles. The molecule has 6 heteroatoms. The van der Waals surface area contributed by atoms with Crippen LogP contribution in [-0.2, 0) is 0 Å². The Morgan fingerprint density at radius 1 is 1.48 bits per heavy atom. The standard InChI is InChI=1S/C15H18N2O3S/c18-12-5-2-1-4-10(12)8-16-14(19)11-9-21-15(17-11)13-6-3-7-20-13/h3,6-7,9-10,12,18H,1-2,4-5,8H2,(H,16,19). The molecule has 0 spiro atoms. The van der Waals surface area contributed by atoms with E-state index in [2.05, 4.69) is 10.3 Å². The van der Waals surface area contributed by atoms with Crippen LogP contribution in [0.3, 0.4) is 0 Å². The third kappa shape index (κ3) is 3.33. The van der Waals surface area contributed by atoms with E-state index in [1.165, 1.54) is 11.3 Å². The summed E-state index contributed by atoms with van der Waals surface area (Å²) in [6.07, 6.45) is 5.28. The number of aliphatic hydroxyl groups excluding tert-OH is 1. The number of thiazole rings is 1. The van der Waals surface area contributed by atoms with Crippen LogP contribution in [0.25, 0.3) is 10.8 Å². The van der Waals surface area contributed by atoms with Crippen LogP contribution in [0.1, 0.15) is 36.2 Å². The van der Waals surface area contributed by atoms with E-state index in [9.17, 15) is 9.90 Å². The summed E-state index contributed by atoms with van der Waals surface area (Å²) in [4.78, 5) is 16.4. The highest BCUT2D eigenvalue weighted by molar-refractivity contribution is 7.13. The smallest absolute Gasteiger partial charge is 0.270 e. The second-order valence-electron chi connectivity index (χ2n) is 5.34. The van der Waals surface area contributed by atoms with Crippen LogP contribution < -0.4 is 5.32 Å². The van der Waals surface area contributed by atoms with Gasteiger partial charge >= 0.3 is 0 Å². The zero-order chi connectivity index (χ0) is 14.7. The first-order chi connectivity index (χ1) is 10.2. The minimum absolute atomic E-state index is 0.158. The van der Waals surface area contributed by atoms with Crippen molar-refractivity contribution in [3.8, 4) is 10.8 Å². The predicted molar refractivity (Wildman–Crippen MR) is 80.1 cm³/mol. The zero-order valence-corrected chi connectivity index (χ0v) is 12.4. The molecule has 21 heavy (non-hydrogen) atoms. The number of aliphatic hydroxyl groups is 1. The van der Waals surface area contributed by atoms with Gasteiger partial charge in [0.2, 0.25) is 0 Å². The van der Waals surface area contributed by atoms with Crippen LogP contribution in [0.5, 0.6) is 0 Å². The van der Waals surface area contributed by atoms with E-state index in [1.807, 2.05) is 6.07 Å². The third-order valence-corrected chi connectivity index (χ3v) is 4.72. The van der Waals surface area contributed by atoms with Crippen molar-refractivity contribution in [2.24, 2.45) is 5.92 Å². The molecule has 2 aromatic rings. The topological polar surface area (TPSA) is 75.4 Å². The van der Waals surface area contributed by atoms with E-state index >= 15 is 0 Å². The summed E-state index contributed by atoms with van der Waals surface area (Å²) in [5.41, 5.74) is 0.400. The van der Waals surface area contributed by atoms with Crippen LogP contribution in [0.2, 0.25) is 0 Å². The second kappa shape index (κ2) is 6.41. The quantitative estimate of drug-likeness (QED) is 0.910. The molecule has 112 valence electrons. The van der Waals surface area contributed by atoms with Gasteiger partial charge in [-0.05, 0) is 25.0 Å². The average molecular weight is 306 g/mol. The largest absolute Gasteiger partial charge is 0.462 e. The molecule has 1 fully saturated rings. The van der Waals surface area contributed by atoms with Gasteiger partial charge in [-0.3, -0.25) is 4.79 Å². The van der Waals surface area contributed by atoms with Crippen molar-refractivity contribution in [1.82, 2.24) is 10.3 Å². The molecule has 0 radical (unpaired) electrons. The van der Waals surface area contributed by atoms with Gasteiger partial charge in [-0.15, -0.1) is 11.3 Å². The van der Waals surface area contributed by atoms with Gasteiger partial charge in [0.1, 0.15) is 5.69 Å². The van der Waals surface area contributed by atoms with Gasteiger partial charge in [0.15, 0.2) is 10.8 Å². The second-order valence-corrected chi connectivity index (χ2v) is 6.20. The molecule has 2 atom stereocenters. The van der Waals surface area contributed by atoms with E-state index in [4.69, 9.17) is 4.42 Å². The molecule has 1 saturated carbocycles. The van der Waals surface area contributed by atoms with Crippen LogP contribution in [0, 0.1) is 5.92 Å². The van der Waals surface area contributed by atoms with Gasteiger partial charge in [-0.25, -0.2) is 4.98 Å². The number of nitrogens with zero attached hydrogens (tertiary/aromatic N) is 1. The molecular weight excluding hydrogens is 288 g/mol. The minimum atomic E-state index is -0.298. The van der Waals surface area contributed by atoms with Gasteiger partial charge in [0.05, 0.1) is 12.4 Å². The molecule has 5 nitrogen and oxygen atoms in total. The summed E-state index contributed by atoms with van der Waals surface area (Å²) in [6.45, 7) is 0.508. The molecule has 0 bridgehead atoms. The molecule has 1 aliphatic rings. The minimum Gasteiger partial charge on any atom is -0.462 e. The lowest BCUT2D eigenvalue weighted by molar-refractivity contribution is 0.0662. The number of nitrogens with one attached hydrogen (secondary N) is 1. The molecular formula is C15H18N2O3S. The number of rotatable bonds is 4. The highest BCUT2D eigenvalue weighted by atomic mass is 32.1. The van der Waals surface area contributed by atoms with Crippen LogP contribution in [0.4, 0.5) is 0 Å². The van der Waals surface area contributed by atoms with Crippen molar-refractivity contribution in [2.75, 3.05) is 6.54 Å². The van der Waals surface area contributed by atoms with Gasteiger partial charge in [-0.2, -0.15) is 0 Å². The molecule has 0 aromatic carbocycles. The highest BCUT2D eigenvalue weighted by Gasteiger charge is 2.24. The lowest BCUT2D eigenvalue weighted by Gasteiger charge is -2.27. The molecule has 2 N–H and O–H groups in total. The summed E-state index contributed by atoms with van der Waals surface area (Å²) in [5, 5.41) is 15.2. The average Bonchev–Trinajstić information content (AvgIpc) is 3.16. The number of furan rings is 1. The van der Waals surface area contributed by atoms with E-state index in [-0.39, 0.29) is 17.9 Å². The fraction of sp³-hybridized carbons (Fsp3) is 0.467. The summed E-state index contributed by atoms with van der Waals surface area (Å²) in [6, 6.07) is 3.61. The fourth-order valence-corrected chi connectivity index (χ4v) is 3.40. The lowest BCUT2D eigenvalue weighted by Crippen LogP contribution is -2.36. The van der Waals surface area contributed by atoms with Gasteiger partial charge in [0, 0.05) is 17.8 Å². The fourth-order valence-electron chi connectivity index (χ4n) is 2.63. The van der Waals surface area contributed by atoms with Gasteiger partial charge < -0.3 is 14.8 Å². The third-order valence-electron chi connectivity index (χ3n) is 3.86. The van der Waals surface area contributed by atoms with Crippen molar-refractivity contribution in [3.05, 3.63) is 29.5 Å². The maximum atomic E-state index is 12.1. The Kier molecular flexibility index (Phi) is 4.36. The van der Waals surface area contributed by atoms with Gasteiger partial charge in [-0.1, -0.05) is 12.8 Å². The maximum absolute atomic E-state index is 12.1. The number of hydrogen-bond acceptors (Lipinski definition) is 5. The Hall–Kier alpha value is -1.66. The SMILES string of the molecule is O=C(NCC1CCCCC1O)c1csc(-c2ccco2)n1. The van der Waals surface area contributed by atoms with Crippen molar-refractivity contribution in [2.45, 2.75) is 31.8 Å². The molecule has 1 aliphatic carbocycles. The summed E-state index contributed by atoms with van der Waals surface area (Å²) in [5.74, 6) is 0.634. The van der Waals surface area contributed by atoms with Crippen molar-refractivity contribution >= 4 is 17.2 Å². The lowest BCUT2D eigenvalue weighted by atomic mass is 9.86. The molecule has 1 amide bonds. The Morgan fingerprint density at radius 3 is 3.10 bits per heavy atom. The number of amides is 1. The van der Waals surface area contributed by atoms with Crippen LogP contribution in [-0.4, -0.2) is 28.6 Å². The summed E-state index contributed by atoms with van der Waals surface area (Å²) < 4.78 is 5.26. The number of hydrogen-bond donors (Lipinski definition) is 2. The molecule has 0 aliphatic heterocycles.